The van der Waals surface area contributed by atoms with Crippen LogP contribution in [0, 0.1) is 16.7 Å². The van der Waals surface area contributed by atoms with Gasteiger partial charge in [-0.25, -0.2) is 15.0 Å². The minimum atomic E-state index is -0.591. The lowest BCUT2D eigenvalue weighted by Crippen LogP contribution is -2.55. The summed E-state index contributed by atoms with van der Waals surface area (Å²) in [5.41, 5.74) is 3.58. The Hall–Kier alpha value is -7.91. The highest BCUT2D eigenvalue weighted by Crippen LogP contribution is 2.37. The van der Waals surface area contributed by atoms with Crippen molar-refractivity contribution in [3.63, 3.8) is 0 Å². The van der Waals surface area contributed by atoms with Gasteiger partial charge < -0.3 is 40.5 Å². The zero-order chi connectivity index (χ0) is 54.1. The van der Waals surface area contributed by atoms with Crippen LogP contribution in [0.15, 0.2) is 104 Å². The van der Waals surface area contributed by atoms with Gasteiger partial charge in [0, 0.05) is 55.9 Å². The number of amidine groups is 2. The molecular formula is C56H68N14O6S. The predicted molar refractivity (Wildman–Crippen MR) is 293 cm³/mol. The van der Waals surface area contributed by atoms with E-state index in [1.54, 1.807) is 86.6 Å². The third-order valence-corrected chi connectivity index (χ3v) is 15.0. The summed E-state index contributed by atoms with van der Waals surface area (Å²) < 4.78 is 13.9. The largest absolute Gasteiger partial charge is 0.494 e. The number of thiazole rings is 1. The quantitative estimate of drug-likeness (QED) is 0.0144. The van der Waals surface area contributed by atoms with Gasteiger partial charge in [-0.15, -0.1) is 16.4 Å². The van der Waals surface area contributed by atoms with Crippen LogP contribution in [0.4, 0.5) is 5.69 Å². The number of hydrogen-bond acceptors (Lipinski definition) is 16. The summed E-state index contributed by atoms with van der Waals surface area (Å²) >= 11 is 1.31. The van der Waals surface area contributed by atoms with Gasteiger partial charge in [0.25, 0.3) is 5.91 Å². The summed E-state index contributed by atoms with van der Waals surface area (Å²) in [4.78, 5) is 70.6. The minimum absolute atomic E-state index is 0.0655. The normalized spacial score (nSPS) is 15.3. The van der Waals surface area contributed by atoms with Crippen molar-refractivity contribution in [2.75, 3.05) is 39.1 Å². The summed E-state index contributed by atoms with van der Waals surface area (Å²) in [5, 5.41) is 38.3. The average molecular weight is 1070 g/mol. The summed E-state index contributed by atoms with van der Waals surface area (Å²) in [6.45, 7) is 4.22. The summed E-state index contributed by atoms with van der Waals surface area (Å²) in [5.74, 6) is 0.910. The molecule has 8 rings (SSSR count). The second-order valence-electron chi connectivity index (χ2n) is 19.4. The molecule has 1 saturated carbocycles. The van der Waals surface area contributed by atoms with Gasteiger partial charge in [-0.05, 0) is 119 Å². The number of amides is 3. The Labute approximate surface area is 452 Å². The van der Waals surface area contributed by atoms with Crippen LogP contribution in [0.5, 0.6) is 11.5 Å². The Morgan fingerprint density at radius 2 is 1.68 bits per heavy atom. The number of aryl methyl sites for hydroxylation is 1. The molecule has 1 aliphatic carbocycles. The molecule has 21 heteroatoms. The van der Waals surface area contributed by atoms with E-state index in [2.05, 4.69) is 46.5 Å². The van der Waals surface area contributed by atoms with Crippen molar-refractivity contribution in [1.29, 1.82) is 10.8 Å². The highest BCUT2D eigenvalue weighted by atomic mass is 32.1. The van der Waals surface area contributed by atoms with E-state index in [4.69, 9.17) is 20.3 Å². The molecule has 1 aliphatic heterocycles. The fourth-order valence-electron chi connectivity index (χ4n) is 9.40. The maximum absolute atomic E-state index is 14.2. The topological polar surface area (TPSA) is 258 Å². The van der Waals surface area contributed by atoms with E-state index in [-0.39, 0.29) is 60.3 Å². The molecule has 2 fully saturated rings. The van der Waals surface area contributed by atoms with Crippen LogP contribution in [0.2, 0.25) is 0 Å². The lowest BCUT2D eigenvalue weighted by atomic mass is 9.83. The van der Waals surface area contributed by atoms with E-state index in [1.165, 1.54) is 22.6 Å². The predicted octanol–water partition coefficient (Wildman–Crippen LogP) is 7.20. The molecule has 0 bridgehead atoms. The molecule has 2 aliphatic rings. The number of likely N-dealkylation sites (N-methyl/N-ethyl adjacent to an activating group) is 2. The van der Waals surface area contributed by atoms with Crippen molar-refractivity contribution >= 4 is 52.2 Å². The highest BCUT2D eigenvalue weighted by Gasteiger charge is 2.40. The van der Waals surface area contributed by atoms with Gasteiger partial charge in [0.15, 0.2) is 5.84 Å². The maximum atomic E-state index is 14.2. The highest BCUT2D eigenvalue weighted by molar-refractivity contribution is 7.14. The van der Waals surface area contributed by atoms with Crippen LogP contribution in [0.25, 0.3) is 0 Å². The molecule has 3 aromatic carbocycles. The lowest BCUT2D eigenvalue weighted by Gasteiger charge is -2.35. The number of rotatable bonds is 25. The van der Waals surface area contributed by atoms with E-state index >= 15 is 0 Å². The Kier molecular flexibility index (Phi) is 19.6. The molecule has 0 spiro atoms. The first-order valence-electron chi connectivity index (χ1n) is 26.3. The van der Waals surface area contributed by atoms with Crippen molar-refractivity contribution in [3.8, 4) is 11.5 Å². The molecule has 20 nitrogen and oxygen atoms in total. The van der Waals surface area contributed by atoms with Gasteiger partial charge in [-0.2, -0.15) is 0 Å². The van der Waals surface area contributed by atoms with Gasteiger partial charge >= 0.3 is 0 Å². The molecule has 3 atom stereocenters. The molecule has 6 aromatic rings. The van der Waals surface area contributed by atoms with E-state index in [0.717, 1.165) is 80.5 Å². The van der Waals surface area contributed by atoms with Crippen LogP contribution in [-0.4, -0.2) is 121 Å². The number of likely N-dealkylation sites (tertiary alicyclic amines) is 1. The monoisotopic (exact) mass is 1060 g/mol. The number of nitrogens with zero attached hydrogens (tertiary/aromatic N) is 8. The zero-order valence-corrected chi connectivity index (χ0v) is 44.7. The number of ether oxygens (including phenoxy) is 2. The average Bonchev–Trinajstić information content (AvgIpc) is 4.28. The van der Waals surface area contributed by atoms with Crippen LogP contribution in [-0.2, 0) is 29.3 Å². The SMILES string of the molecule is CN[C@@H](C)C(=O)N[C@H](C(=O)N1CCC[C@H]1c1ncc(C(=O)c2cccc(OCc3cn(CCCCCOc4cccc(CNC(=O)c5cccc(NCC(=N)N(C)C(=N)c6ccncn6)c5)c4)nn3)c2)s1)C1CCCCC1. The summed E-state index contributed by atoms with van der Waals surface area (Å²) in [6, 6.07) is 22.1. The zero-order valence-electron chi connectivity index (χ0n) is 43.9. The number of benzene rings is 3. The Morgan fingerprint density at radius 1 is 0.883 bits per heavy atom. The van der Waals surface area contributed by atoms with Crippen molar-refractivity contribution in [3.05, 3.63) is 142 Å². The minimum Gasteiger partial charge on any atom is -0.494 e. The van der Waals surface area contributed by atoms with Gasteiger partial charge in [0.1, 0.15) is 52.7 Å². The van der Waals surface area contributed by atoms with Crippen molar-refractivity contribution in [1.82, 2.24) is 55.7 Å². The fraction of sp³-hybridized carbons (Fsp3) is 0.411. The maximum Gasteiger partial charge on any atom is 0.251 e. The lowest BCUT2D eigenvalue weighted by molar-refractivity contribution is -0.139. The van der Waals surface area contributed by atoms with Gasteiger partial charge in [-0.1, -0.05) is 54.8 Å². The Bertz CT molecular complexity index is 2980. The molecule has 6 N–H and O–H groups in total. The van der Waals surface area contributed by atoms with Gasteiger partial charge in [0.05, 0.1) is 36.3 Å². The fourth-order valence-corrected chi connectivity index (χ4v) is 10.4. The van der Waals surface area contributed by atoms with Crippen molar-refractivity contribution < 1.29 is 28.7 Å². The van der Waals surface area contributed by atoms with Crippen LogP contribution >= 0.6 is 11.3 Å². The van der Waals surface area contributed by atoms with Crippen LogP contribution in [0.1, 0.15) is 125 Å². The van der Waals surface area contributed by atoms with E-state index in [9.17, 15) is 19.2 Å². The molecule has 3 amide bonds. The first-order chi connectivity index (χ1) is 37.4. The number of aromatic nitrogens is 6. The number of unbranched alkanes of at least 4 members (excludes halogenated alkanes) is 2. The van der Waals surface area contributed by atoms with E-state index < -0.39 is 12.1 Å². The Balaban J connectivity index is 0.732. The first kappa shape index (κ1) is 55.3. The van der Waals surface area contributed by atoms with Crippen molar-refractivity contribution in [2.24, 2.45) is 5.92 Å². The third kappa shape index (κ3) is 15.2. The van der Waals surface area contributed by atoms with Gasteiger partial charge in [-0.3, -0.25) is 34.7 Å². The van der Waals surface area contributed by atoms with Gasteiger partial charge in [0.2, 0.25) is 17.6 Å². The number of carbonyl (C=O) groups is 4. The standard InChI is InChI=1S/C56H68N14O6S/c1-37(59-2)53(72)65-50(39-15-6-4-7-16-39)56(74)70-26-13-22-47(70)55-63-32-48(77-55)51(71)40-17-12-21-45(30-40)76-35-43-34-69(67-66-43)25-8-5-9-27-75-44-20-10-14-38(28-44)31-62-54(73)41-18-11-19-42(29-41)61-33-49(57)68(3)52(58)46-23-24-60-36-64-46/h10-12,14,17-21,23-24,28-30,32,34,36-37,39,47,50,57-59,61H,4-9,13,15-16,22,25-27,31,33,35H2,1-3H3,(H,62,73)(H,65,72)/t37-,47-,50-/m0/s1. The molecule has 0 unspecified atom stereocenters. The molecule has 0 radical (unpaired) electrons. The van der Waals surface area contributed by atoms with E-state index in [1.807, 2.05) is 41.4 Å². The van der Waals surface area contributed by atoms with Crippen molar-refractivity contribution in [2.45, 2.75) is 109 Å². The number of carbonyl (C=O) groups excluding carboxylic acids is 4. The summed E-state index contributed by atoms with van der Waals surface area (Å²) in [7, 11) is 3.37. The second kappa shape index (κ2) is 27.2. The number of ketones is 1. The molecule has 4 heterocycles. The molecule has 1 saturated heterocycles. The molecule has 77 heavy (non-hydrogen) atoms. The number of hydrogen-bond donors (Lipinski definition) is 6. The van der Waals surface area contributed by atoms with Crippen LogP contribution < -0.4 is 30.7 Å². The smallest absolute Gasteiger partial charge is 0.251 e. The summed E-state index contributed by atoms with van der Waals surface area (Å²) in [6.07, 6.45) is 15.6. The third-order valence-electron chi connectivity index (χ3n) is 14.0. The van der Waals surface area contributed by atoms with E-state index in [0.29, 0.717) is 65.1 Å². The molecular weight excluding hydrogens is 997 g/mol. The van der Waals surface area contributed by atoms with Crippen LogP contribution in [0.3, 0.4) is 0 Å². The first-order valence-corrected chi connectivity index (χ1v) is 27.2. The number of nitrogens with one attached hydrogen (secondary N) is 6. The molecule has 3 aromatic heterocycles. The second-order valence-corrected chi connectivity index (χ2v) is 20.5. The number of anilines is 1. The molecule has 404 valence electrons. The Morgan fingerprint density at radius 3 is 2.48 bits per heavy atom.